The Hall–Kier alpha value is -1.60. The number of fused-ring (bicyclic) bond motifs is 1. The smallest absolute Gasteiger partial charge is 0.125 e. The van der Waals surface area contributed by atoms with E-state index in [1.807, 2.05) is 13.0 Å². The summed E-state index contributed by atoms with van der Waals surface area (Å²) in [6.45, 7) is 4.22. The van der Waals surface area contributed by atoms with Crippen LogP contribution in [0.4, 0.5) is 10.1 Å². The minimum Gasteiger partial charge on any atom is -0.368 e. The molecule has 1 aromatic carbocycles. The summed E-state index contributed by atoms with van der Waals surface area (Å²) in [6.07, 6.45) is 0.930. The second kappa shape index (κ2) is 5.15. The SMILES string of the molecule is CCNC(C#N)CN1CCc2ccc(F)cc21. The van der Waals surface area contributed by atoms with Crippen molar-refractivity contribution in [3.63, 3.8) is 0 Å². The number of halogens is 1. The number of nitrogens with zero attached hydrogens (tertiary/aromatic N) is 2. The molecule has 3 nitrogen and oxygen atoms in total. The molecule has 4 heteroatoms. The lowest BCUT2D eigenvalue weighted by Gasteiger charge is -2.22. The van der Waals surface area contributed by atoms with Gasteiger partial charge in [-0.25, -0.2) is 4.39 Å². The van der Waals surface area contributed by atoms with Crippen LogP contribution < -0.4 is 10.2 Å². The predicted octanol–water partition coefficient (Wildman–Crippen LogP) is 1.69. The van der Waals surface area contributed by atoms with Crippen LogP contribution >= 0.6 is 0 Å². The van der Waals surface area contributed by atoms with Gasteiger partial charge in [0.15, 0.2) is 0 Å². The van der Waals surface area contributed by atoms with Crippen molar-refractivity contribution >= 4 is 5.69 Å². The highest BCUT2D eigenvalue weighted by molar-refractivity contribution is 5.58. The average Bonchev–Trinajstić information content (AvgIpc) is 2.71. The Morgan fingerprint density at radius 3 is 3.12 bits per heavy atom. The fourth-order valence-electron chi connectivity index (χ4n) is 2.23. The molecule has 1 aliphatic rings. The van der Waals surface area contributed by atoms with E-state index >= 15 is 0 Å². The van der Waals surface area contributed by atoms with Crippen molar-refractivity contribution in [1.29, 1.82) is 5.26 Å². The van der Waals surface area contributed by atoms with Crippen molar-refractivity contribution in [3.8, 4) is 6.07 Å². The van der Waals surface area contributed by atoms with E-state index in [4.69, 9.17) is 5.26 Å². The summed E-state index contributed by atoms with van der Waals surface area (Å²) in [4.78, 5) is 2.08. The van der Waals surface area contributed by atoms with Crippen LogP contribution in [0.25, 0.3) is 0 Å². The summed E-state index contributed by atoms with van der Waals surface area (Å²) in [6, 6.07) is 6.91. The summed E-state index contributed by atoms with van der Waals surface area (Å²) in [5.41, 5.74) is 2.10. The van der Waals surface area contributed by atoms with Gasteiger partial charge in [-0.2, -0.15) is 5.26 Å². The van der Waals surface area contributed by atoms with Crippen molar-refractivity contribution < 1.29 is 4.39 Å². The van der Waals surface area contributed by atoms with Crippen LogP contribution in [0.3, 0.4) is 0 Å². The van der Waals surface area contributed by atoms with E-state index in [-0.39, 0.29) is 11.9 Å². The van der Waals surface area contributed by atoms with Gasteiger partial charge in [0.25, 0.3) is 0 Å². The lowest BCUT2D eigenvalue weighted by atomic mass is 10.1. The van der Waals surface area contributed by atoms with E-state index in [1.54, 1.807) is 6.07 Å². The Bertz CT molecular complexity index is 439. The van der Waals surface area contributed by atoms with Gasteiger partial charge in [0.1, 0.15) is 11.9 Å². The fourth-order valence-corrected chi connectivity index (χ4v) is 2.23. The molecule has 17 heavy (non-hydrogen) atoms. The van der Waals surface area contributed by atoms with Crippen molar-refractivity contribution in [3.05, 3.63) is 29.6 Å². The van der Waals surface area contributed by atoms with Gasteiger partial charge < -0.3 is 10.2 Å². The molecule has 0 saturated carbocycles. The van der Waals surface area contributed by atoms with Crippen molar-refractivity contribution in [2.45, 2.75) is 19.4 Å². The molecular formula is C13H16FN3. The van der Waals surface area contributed by atoms with E-state index < -0.39 is 0 Å². The van der Waals surface area contributed by atoms with Gasteiger partial charge in [0.2, 0.25) is 0 Å². The van der Waals surface area contributed by atoms with Gasteiger partial charge in [-0.05, 0) is 30.7 Å². The molecule has 1 aliphatic heterocycles. The maximum atomic E-state index is 13.2. The Morgan fingerprint density at radius 1 is 1.59 bits per heavy atom. The molecule has 1 unspecified atom stereocenters. The second-order valence-electron chi connectivity index (χ2n) is 4.21. The van der Waals surface area contributed by atoms with E-state index in [9.17, 15) is 4.39 Å². The number of benzene rings is 1. The van der Waals surface area contributed by atoms with E-state index in [1.165, 1.54) is 11.6 Å². The molecule has 0 radical (unpaired) electrons. The maximum absolute atomic E-state index is 13.2. The van der Waals surface area contributed by atoms with Crippen LogP contribution in [-0.2, 0) is 6.42 Å². The molecule has 0 saturated heterocycles. The zero-order chi connectivity index (χ0) is 12.3. The minimum atomic E-state index is -0.215. The number of hydrogen-bond donors (Lipinski definition) is 1. The van der Waals surface area contributed by atoms with E-state index in [2.05, 4.69) is 16.3 Å². The molecule has 1 N–H and O–H groups in total. The number of anilines is 1. The van der Waals surface area contributed by atoms with Crippen LogP contribution in [0.15, 0.2) is 18.2 Å². The van der Waals surface area contributed by atoms with Gasteiger partial charge in [-0.1, -0.05) is 13.0 Å². The van der Waals surface area contributed by atoms with Gasteiger partial charge in [0, 0.05) is 18.8 Å². The van der Waals surface area contributed by atoms with Crippen molar-refractivity contribution in [2.75, 3.05) is 24.5 Å². The summed E-state index contributed by atoms with van der Waals surface area (Å²) in [7, 11) is 0. The highest BCUT2D eigenvalue weighted by atomic mass is 19.1. The molecule has 90 valence electrons. The van der Waals surface area contributed by atoms with Crippen LogP contribution in [0.2, 0.25) is 0 Å². The lowest BCUT2D eigenvalue weighted by Crippen LogP contribution is -2.39. The van der Waals surface area contributed by atoms with Gasteiger partial charge in [-0.3, -0.25) is 0 Å². The molecule has 0 spiro atoms. The minimum absolute atomic E-state index is 0.200. The highest BCUT2D eigenvalue weighted by Gasteiger charge is 2.22. The van der Waals surface area contributed by atoms with Crippen LogP contribution in [0.5, 0.6) is 0 Å². The zero-order valence-electron chi connectivity index (χ0n) is 9.91. The number of hydrogen-bond acceptors (Lipinski definition) is 3. The van der Waals surface area contributed by atoms with Gasteiger partial charge >= 0.3 is 0 Å². The normalized spacial score (nSPS) is 15.5. The molecule has 2 rings (SSSR count). The summed E-state index contributed by atoms with van der Waals surface area (Å²) in [5, 5.41) is 12.1. The standard InChI is InChI=1S/C13H16FN3/c1-2-16-12(8-15)9-17-6-5-10-3-4-11(14)7-13(10)17/h3-4,7,12,16H,2,5-6,9H2,1H3. The quantitative estimate of drug-likeness (QED) is 0.860. The number of rotatable bonds is 4. The van der Waals surface area contributed by atoms with E-state index in [0.717, 1.165) is 25.2 Å². The average molecular weight is 233 g/mol. The Kier molecular flexibility index (Phi) is 3.60. The molecule has 0 fully saturated rings. The molecule has 0 aliphatic carbocycles. The number of nitriles is 1. The molecule has 1 atom stereocenters. The third kappa shape index (κ3) is 2.56. The maximum Gasteiger partial charge on any atom is 0.125 e. The first kappa shape index (κ1) is 11.9. The first-order valence-electron chi connectivity index (χ1n) is 5.91. The highest BCUT2D eigenvalue weighted by Crippen LogP contribution is 2.28. The van der Waals surface area contributed by atoms with Crippen LogP contribution in [-0.4, -0.2) is 25.7 Å². The summed E-state index contributed by atoms with van der Waals surface area (Å²) in [5.74, 6) is -0.215. The fraction of sp³-hybridized carbons (Fsp3) is 0.462. The van der Waals surface area contributed by atoms with Crippen LogP contribution in [0, 0.1) is 17.1 Å². The van der Waals surface area contributed by atoms with Crippen LogP contribution in [0.1, 0.15) is 12.5 Å². The monoisotopic (exact) mass is 233 g/mol. The molecule has 1 aromatic rings. The van der Waals surface area contributed by atoms with Crippen molar-refractivity contribution in [2.24, 2.45) is 0 Å². The molecular weight excluding hydrogens is 217 g/mol. The topological polar surface area (TPSA) is 39.1 Å². The number of nitrogens with one attached hydrogen (secondary N) is 1. The Morgan fingerprint density at radius 2 is 2.41 bits per heavy atom. The first-order chi connectivity index (χ1) is 8.24. The molecule has 0 amide bonds. The van der Waals surface area contributed by atoms with Gasteiger partial charge in [0.05, 0.1) is 6.07 Å². The molecule has 0 aromatic heterocycles. The van der Waals surface area contributed by atoms with E-state index in [0.29, 0.717) is 6.54 Å². The first-order valence-corrected chi connectivity index (χ1v) is 5.91. The molecule has 0 bridgehead atoms. The third-order valence-electron chi connectivity index (χ3n) is 3.05. The van der Waals surface area contributed by atoms with Gasteiger partial charge in [-0.15, -0.1) is 0 Å². The second-order valence-corrected chi connectivity index (χ2v) is 4.21. The Balaban J connectivity index is 2.11. The Labute approximate surface area is 101 Å². The van der Waals surface area contributed by atoms with Crippen molar-refractivity contribution in [1.82, 2.24) is 5.32 Å². The third-order valence-corrected chi connectivity index (χ3v) is 3.05. The predicted molar refractivity (Wildman–Crippen MR) is 65.4 cm³/mol. The lowest BCUT2D eigenvalue weighted by molar-refractivity contribution is 0.605. The summed E-state index contributed by atoms with van der Waals surface area (Å²) < 4.78 is 13.2. The summed E-state index contributed by atoms with van der Waals surface area (Å²) >= 11 is 0. The molecule has 1 heterocycles. The largest absolute Gasteiger partial charge is 0.368 e. The zero-order valence-corrected chi connectivity index (χ0v) is 9.91. The number of likely N-dealkylation sites (N-methyl/N-ethyl adjacent to an activating group) is 1.